The minimum Gasteiger partial charge on any atom is -0.494 e. The third kappa shape index (κ3) is 5.63. The normalized spacial score (nSPS) is 10.7. The molecule has 0 aliphatic carbocycles. The van der Waals surface area contributed by atoms with E-state index in [1.54, 1.807) is 36.4 Å². The third-order valence-corrected chi connectivity index (χ3v) is 3.44. The number of amides is 2. The highest BCUT2D eigenvalue weighted by Crippen LogP contribution is 2.14. The Morgan fingerprint density at radius 1 is 1.08 bits per heavy atom. The minimum atomic E-state index is -0.386. The maximum atomic E-state index is 12.4. The zero-order chi connectivity index (χ0) is 18.8. The Labute approximate surface area is 153 Å². The molecule has 26 heavy (non-hydrogen) atoms. The molecular formula is C21H22N2O3. The van der Waals surface area contributed by atoms with Gasteiger partial charge >= 0.3 is 0 Å². The van der Waals surface area contributed by atoms with Crippen LogP contribution in [0.2, 0.25) is 0 Å². The molecule has 0 aliphatic heterocycles. The molecule has 2 rings (SSSR count). The van der Waals surface area contributed by atoms with Crippen LogP contribution in [0.1, 0.15) is 22.8 Å². The fourth-order valence-corrected chi connectivity index (χ4v) is 2.20. The van der Waals surface area contributed by atoms with Crippen LogP contribution in [0.3, 0.4) is 0 Å². The molecule has 0 aromatic heterocycles. The zero-order valence-electron chi connectivity index (χ0n) is 14.7. The van der Waals surface area contributed by atoms with Crippen LogP contribution in [-0.2, 0) is 4.79 Å². The lowest BCUT2D eigenvalue weighted by Gasteiger charge is -2.10. The van der Waals surface area contributed by atoms with Crippen molar-refractivity contribution in [3.63, 3.8) is 0 Å². The van der Waals surface area contributed by atoms with Crippen molar-refractivity contribution < 1.29 is 14.3 Å². The van der Waals surface area contributed by atoms with E-state index in [9.17, 15) is 9.59 Å². The number of ether oxygens (including phenoxy) is 1. The summed E-state index contributed by atoms with van der Waals surface area (Å²) in [4.78, 5) is 24.8. The van der Waals surface area contributed by atoms with Gasteiger partial charge in [0.25, 0.3) is 11.8 Å². The molecule has 0 atom stereocenters. The van der Waals surface area contributed by atoms with Crippen LogP contribution in [0.4, 0.5) is 0 Å². The van der Waals surface area contributed by atoms with Crippen LogP contribution in [0, 0.1) is 0 Å². The van der Waals surface area contributed by atoms with Crippen LogP contribution in [0.25, 0.3) is 6.08 Å². The molecule has 0 bridgehead atoms. The van der Waals surface area contributed by atoms with Crippen LogP contribution in [-0.4, -0.2) is 25.0 Å². The van der Waals surface area contributed by atoms with E-state index in [2.05, 4.69) is 17.2 Å². The maximum absolute atomic E-state index is 12.4. The zero-order valence-corrected chi connectivity index (χ0v) is 14.7. The van der Waals surface area contributed by atoms with Crippen molar-refractivity contribution in [3.8, 4) is 5.75 Å². The Morgan fingerprint density at radius 3 is 2.38 bits per heavy atom. The molecule has 0 saturated carbocycles. The summed E-state index contributed by atoms with van der Waals surface area (Å²) in [7, 11) is 0. The lowest BCUT2D eigenvalue weighted by Crippen LogP contribution is -2.34. The molecule has 0 unspecified atom stereocenters. The molecule has 2 amide bonds. The Balaban J connectivity index is 2.23. The molecule has 0 heterocycles. The number of hydrogen-bond donors (Lipinski definition) is 2. The van der Waals surface area contributed by atoms with Gasteiger partial charge < -0.3 is 15.4 Å². The SMILES string of the molecule is C=CCNC(=O)C(=Cc1ccc(OCC)cc1)NC(=O)c1ccccc1. The second kappa shape index (κ2) is 9.84. The van der Waals surface area contributed by atoms with Gasteiger partial charge in [0.05, 0.1) is 6.61 Å². The molecule has 5 heteroatoms. The topological polar surface area (TPSA) is 67.4 Å². The van der Waals surface area contributed by atoms with E-state index in [4.69, 9.17) is 4.74 Å². The standard InChI is InChI=1S/C21H22N2O3/c1-3-14-22-21(25)19(23-20(24)17-8-6-5-7-9-17)15-16-10-12-18(13-11-16)26-4-2/h3,5-13,15H,1,4,14H2,2H3,(H,22,25)(H,23,24). The summed E-state index contributed by atoms with van der Waals surface area (Å²) in [6.07, 6.45) is 3.19. The fraction of sp³-hybridized carbons (Fsp3) is 0.143. The predicted molar refractivity (Wildman–Crippen MR) is 103 cm³/mol. The summed E-state index contributed by atoms with van der Waals surface area (Å²) in [5.74, 6) is 0.00948. The van der Waals surface area contributed by atoms with Gasteiger partial charge in [-0.2, -0.15) is 0 Å². The number of carbonyl (C=O) groups is 2. The molecule has 2 N–H and O–H groups in total. The van der Waals surface area contributed by atoms with Crippen molar-refractivity contribution in [1.82, 2.24) is 10.6 Å². The van der Waals surface area contributed by atoms with Crippen molar-refractivity contribution in [3.05, 3.63) is 84.1 Å². The number of rotatable bonds is 8. The molecular weight excluding hydrogens is 328 g/mol. The molecule has 134 valence electrons. The molecule has 0 aliphatic rings. The highest BCUT2D eigenvalue weighted by molar-refractivity contribution is 6.05. The summed E-state index contributed by atoms with van der Waals surface area (Å²) >= 11 is 0. The number of hydrogen-bond acceptors (Lipinski definition) is 3. The van der Waals surface area contributed by atoms with Gasteiger partial charge in [-0.3, -0.25) is 9.59 Å². The van der Waals surface area contributed by atoms with Crippen molar-refractivity contribution >= 4 is 17.9 Å². The van der Waals surface area contributed by atoms with Gasteiger partial charge in [0.2, 0.25) is 0 Å². The van der Waals surface area contributed by atoms with Crippen LogP contribution in [0.5, 0.6) is 5.75 Å². The molecule has 2 aromatic rings. The van der Waals surface area contributed by atoms with E-state index in [0.29, 0.717) is 18.7 Å². The fourth-order valence-electron chi connectivity index (χ4n) is 2.20. The minimum absolute atomic E-state index is 0.157. The first kappa shape index (κ1) is 19.0. The summed E-state index contributed by atoms with van der Waals surface area (Å²) in [5.41, 5.74) is 1.40. The van der Waals surface area contributed by atoms with Gasteiger partial charge in [-0.25, -0.2) is 0 Å². The average molecular weight is 350 g/mol. The molecule has 0 fully saturated rings. The predicted octanol–water partition coefficient (Wildman–Crippen LogP) is 3.16. The summed E-state index contributed by atoms with van der Waals surface area (Å²) in [6, 6.07) is 16.0. The number of benzene rings is 2. The van der Waals surface area contributed by atoms with Gasteiger partial charge in [0, 0.05) is 12.1 Å². The Bertz CT molecular complexity index is 781. The molecule has 0 radical (unpaired) electrons. The van der Waals surface area contributed by atoms with Gasteiger partial charge in [0.15, 0.2) is 0 Å². The molecule has 2 aromatic carbocycles. The van der Waals surface area contributed by atoms with Crippen LogP contribution in [0.15, 0.2) is 72.9 Å². The van der Waals surface area contributed by atoms with E-state index in [0.717, 1.165) is 11.3 Å². The van der Waals surface area contributed by atoms with Gasteiger partial charge in [-0.05, 0) is 42.8 Å². The molecule has 5 nitrogen and oxygen atoms in total. The van der Waals surface area contributed by atoms with E-state index in [1.165, 1.54) is 0 Å². The summed E-state index contributed by atoms with van der Waals surface area (Å²) < 4.78 is 5.41. The monoisotopic (exact) mass is 350 g/mol. The van der Waals surface area contributed by atoms with Crippen molar-refractivity contribution in [2.24, 2.45) is 0 Å². The quantitative estimate of drug-likeness (QED) is 0.568. The maximum Gasteiger partial charge on any atom is 0.268 e. The van der Waals surface area contributed by atoms with Crippen LogP contribution < -0.4 is 15.4 Å². The van der Waals surface area contributed by atoms with Crippen molar-refractivity contribution in [2.75, 3.05) is 13.2 Å². The second-order valence-electron chi connectivity index (χ2n) is 5.38. The Morgan fingerprint density at radius 2 is 1.77 bits per heavy atom. The van der Waals surface area contributed by atoms with E-state index < -0.39 is 0 Å². The Kier molecular flexibility index (Phi) is 7.18. The van der Waals surface area contributed by atoms with Gasteiger partial charge in [0.1, 0.15) is 11.4 Å². The van der Waals surface area contributed by atoms with E-state index in [-0.39, 0.29) is 17.5 Å². The van der Waals surface area contributed by atoms with Gasteiger partial charge in [-0.15, -0.1) is 6.58 Å². The average Bonchev–Trinajstić information content (AvgIpc) is 2.68. The van der Waals surface area contributed by atoms with Crippen LogP contribution >= 0.6 is 0 Å². The summed E-state index contributed by atoms with van der Waals surface area (Å²) in [5, 5.41) is 5.35. The number of nitrogens with one attached hydrogen (secondary N) is 2. The third-order valence-electron chi connectivity index (χ3n) is 3.44. The van der Waals surface area contributed by atoms with Crippen molar-refractivity contribution in [2.45, 2.75) is 6.92 Å². The summed E-state index contributed by atoms with van der Waals surface area (Å²) in [6.45, 7) is 6.37. The highest BCUT2D eigenvalue weighted by atomic mass is 16.5. The Hall–Kier alpha value is -3.34. The first-order chi connectivity index (χ1) is 12.6. The largest absolute Gasteiger partial charge is 0.494 e. The molecule has 0 saturated heterocycles. The lowest BCUT2D eigenvalue weighted by molar-refractivity contribution is -0.117. The van der Waals surface area contributed by atoms with E-state index >= 15 is 0 Å². The first-order valence-electron chi connectivity index (χ1n) is 8.34. The second-order valence-corrected chi connectivity index (χ2v) is 5.38. The van der Waals surface area contributed by atoms with Gasteiger partial charge in [-0.1, -0.05) is 36.4 Å². The molecule has 0 spiro atoms. The highest BCUT2D eigenvalue weighted by Gasteiger charge is 2.14. The number of carbonyl (C=O) groups excluding carboxylic acids is 2. The van der Waals surface area contributed by atoms with Crippen molar-refractivity contribution in [1.29, 1.82) is 0 Å². The van der Waals surface area contributed by atoms with E-state index in [1.807, 2.05) is 37.3 Å². The lowest BCUT2D eigenvalue weighted by atomic mass is 10.1. The first-order valence-corrected chi connectivity index (χ1v) is 8.34. The smallest absolute Gasteiger partial charge is 0.268 e.